The quantitative estimate of drug-likeness (QED) is 0.437. The van der Waals surface area contributed by atoms with Crippen LogP contribution in [0.2, 0.25) is 5.02 Å². The number of amides is 1. The molecule has 0 spiro atoms. The van der Waals surface area contributed by atoms with E-state index in [2.05, 4.69) is 15.3 Å². The first-order chi connectivity index (χ1) is 14.0. The van der Waals surface area contributed by atoms with E-state index < -0.39 is 0 Å². The number of nitrogens with one attached hydrogen (secondary N) is 2. The predicted octanol–water partition coefficient (Wildman–Crippen LogP) is 4.06. The van der Waals surface area contributed by atoms with Crippen LogP contribution < -0.4 is 15.6 Å². The third kappa shape index (κ3) is 5.62. The molecule has 0 aliphatic carbocycles. The number of benzene rings is 2. The monoisotopic (exact) mass is 429 g/mol. The largest absolute Gasteiger partial charge is 0.495 e. The maximum absolute atomic E-state index is 12.5. The van der Waals surface area contributed by atoms with E-state index in [1.54, 1.807) is 25.1 Å². The molecule has 0 fully saturated rings. The zero-order chi connectivity index (χ0) is 20.8. The standard InChI is InChI=1S/C21H20ClN3O3S/c1-13-16(10-14-6-4-3-5-7-14)20(27)25-21(23-13)29-12-19(26)24-17-11-15(22)8-9-18(17)28-2/h3-9,11H,10,12H2,1-2H3,(H,24,26)(H,23,25,27). The van der Waals surface area contributed by atoms with Gasteiger partial charge in [0.1, 0.15) is 5.75 Å². The van der Waals surface area contributed by atoms with Gasteiger partial charge in [-0.15, -0.1) is 0 Å². The lowest BCUT2D eigenvalue weighted by molar-refractivity contribution is -0.113. The van der Waals surface area contributed by atoms with Crippen molar-refractivity contribution in [3.8, 4) is 5.75 Å². The topological polar surface area (TPSA) is 84.1 Å². The Kier molecular flexibility index (Phi) is 6.95. The Hall–Kier alpha value is -2.77. The minimum absolute atomic E-state index is 0.0794. The summed E-state index contributed by atoms with van der Waals surface area (Å²) in [5.74, 6) is 0.334. The van der Waals surface area contributed by atoms with E-state index in [1.165, 1.54) is 7.11 Å². The van der Waals surface area contributed by atoms with Crippen LogP contribution in [-0.2, 0) is 11.2 Å². The normalized spacial score (nSPS) is 10.6. The van der Waals surface area contributed by atoms with Gasteiger partial charge < -0.3 is 15.0 Å². The molecule has 0 atom stereocenters. The molecule has 0 saturated heterocycles. The van der Waals surface area contributed by atoms with Crippen LogP contribution in [0.4, 0.5) is 5.69 Å². The van der Waals surface area contributed by atoms with Crippen LogP contribution in [0.25, 0.3) is 0 Å². The second-order valence-electron chi connectivity index (χ2n) is 6.28. The molecule has 0 saturated carbocycles. The van der Waals surface area contributed by atoms with Gasteiger partial charge in [0.25, 0.3) is 5.56 Å². The number of carbonyl (C=O) groups is 1. The molecule has 2 N–H and O–H groups in total. The zero-order valence-electron chi connectivity index (χ0n) is 16.0. The first-order valence-electron chi connectivity index (χ1n) is 8.86. The second kappa shape index (κ2) is 9.62. The number of anilines is 1. The molecule has 0 bridgehead atoms. The number of carbonyl (C=O) groups excluding carboxylic acids is 1. The van der Waals surface area contributed by atoms with Crippen LogP contribution in [0.15, 0.2) is 58.5 Å². The fraction of sp³-hybridized carbons (Fsp3) is 0.190. The lowest BCUT2D eigenvalue weighted by atomic mass is 10.1. The van der Waals surface area contributed by atoms with Crippen molar-refractivity contribution in [1.29, 1.82) is 0 Å². The lowest BCUT2D eigenvalue weighted by Crippen LogP contribution is -2.19. The van der Waals surface area contributed by atoms with Gasteiger partial charge in [0.15, 0.2) is 5.16 Å². The SMILES string of the molecule is COc1ccc(Cl)cc1NC(=O)CSc1nc(C)c(Cc2ccccc2)c(=O)[nH]1. The highest BCUT2D eigenvalue weighted by Gasteiger charge is 2.12. The number of H-pyrrole nitrogens is 1. The molecule has 1 amide bonds. The third-order valence-corrected chi connectivity index (χ3v) is 5.31. The maximum Gasteiger partial charge on any atom is 0.255 e. The van der Waals surface area contributed by atoms with E-state index in [9.17, 15) is 9.59 Å². The molecule has 6 nitrogen and oxygen atoms in total. The molecule has 1 aromatic heterocycles. The van der Waals surface area contributed by atoms with Crippen LogP contribution in [0, 0.1) is 6.92 Å². The molecule has 2 aromatic carbocycles. The highest BCUT2D eigenvalue weighted by Crippen LogP contribution is 2.28. The molecule has 3 aromatic rings. The molecule has 1 heterocycles. The average molecular weight is 430 g/mol. The van der Waals surface area contributed by atoms with Crippen LogP contribution in [0.1, 0.15) is 16.8 Å². The number of methoxy groups -OCH3 is 1. The number of rotatable bonds is 7. The predicted molar refractivity (Wildman–Crippen MR) is 116 cm³/mol. The number of aromatic amines is 1. The van der Waals surface area contributed by atoms with Gasteiger partial charge in [-0.2, -0.15) is 0 Å². The van der Waals surface area contributed by atoms with Crippen molar-refractivity contribution in [2.75, 3.05) is 18.2 Å². The third-order valence-electron chi connectivity index (χ3n) is 4.20. The highest BCUT2D eigenvalue weighted by molar-refractivity contribution is 7.99. The van der Waals surface area contributed by atoms with Gasteiger partial charge in [0, 0.05) is 22.7 Å². The number of aryl methyl sites for hydroxylation is 1. The van der Waals surface area contributed by atoms with Crippen molar-refractivity contribution in [3.63, 3.8) is 0 Å². The molecule has 0 aliphatic rings. The molecule has 3 rings (SSSR count). The summed E-state index contributed by atoms with van der Waals surface area (Å²) in [5.41, 5.74) is 2.60. The minimum Gasteiger partial charge on any atom is -0.495 e. The number of hydrogen-bond donors (Lipinski definition) is 2. The van der Waals surface area contributed by atoms with Crippen LogP contribution in [0.5, 0.6) is 5.75 Å². The Bertz CT molecular complexity index is 1070. The summed E-state index contributed by atoms with van der Waals surface area (Å²) in [6, 6.07) is 14.7. The van der Waals surface area contributed by atoms with Crippen LogP contribution in [0.3, 0.4) is 0 Å². The fourth-order valence-corrected chi connectivity index (χ4v) is 3.64. The summed E-state index contributed by atoms with van der Waals surface area (Å²) in [6.07, 6.45) is 0.509. The summed E-state index contributed by atoms with van der Waals surface area (Å²) < 4.78 is 5.22. The molecule has 0 radical (unpaired) electrons. The van der Waals surface area contributed by atoms with Gasteiger partial charge in [0.2, 0.25) is 5.91 Å². The Balaban J connectivity index is 1.66. The van der Waals surface area contributed by atoms with E-state index in [0.717, 1.165) is 17.3 Å². The van der Waals surface area contributed by atoms with Gasteiger partial charge in [-0.05, 0) is 30.7 Å². The van der Waals surface area contributed by atoms with Gasteiger partial charge in [0.05, 0.1) is 18.6 Å². The molecule has 0 unspecified atom stereocenters. The summed E-state index contributed by atoms with van der Waals surface area (Å²) in [5, 5.41) is 3.65. The second-order valence-corrected chi connectivity index (χ2v) is 7.68. The lowest BCUT2D eigenvalue weighted by Gasteiger charge is -2.11. The minimum atomic E-state index is -0.260. The average Bonchev–Trinajstić information content (AvgIpc) is 2.70. The zero-order valence-corrected chi connectivity index (χ0v) is 17.6. The maximum atomic E-state index is 12.5. The first-order valence-corrected chi connectivity index (χ1v) is 10.2. The van der Waals surface area contributed by atoms with Crippen molar-refractivity contribution in [3.05, 3.63) is 80.7 Å². The van der Waals surface area contributed by atoms with Crippen LogP contribution >= 0.6 is 23.4 Å². The Morgan fingerprint density at radius 3 is 2.69 bits per heavy atom. The van der Waals surface area contributed by atoms with Crippen LogP contribution in [-0.4, -0.2) is 28.7 Å². The molecular formula is C21H20ClN3O3S. The molecule has 29 heavy (non-hydrogen) atoms. The van der Waals surface area contributed by atoms with E-state index in [4.69, 9.17) is 16.3 Å². The molecule has 150 valence electrons. The summed E-state index contributed by atoms with van der Waals surface area (Å²) in [6.45, 7) is 1.80. The van der Waals surface area contributed by atoms with Gasteiger partial charge in [-0.3, -0.25) is 9.59 Å². The molecule has 0 aliphatic heterocycles. The summed E-state index contributed by atoms with van der Waals surface area (Å²) in [4.78, 5) is 32.0. The van der Waals surface area contributed by atoms with E-state index in [0.29, 0.717) is 39.3 Å². The number of ether oxygens (including phenoxy) is 1. The van der Waals surface area contributed by atoms with Gasteiger partial charge in [-0.1, -0.05) is 53.7 Å². The van der Waals surface area contributed by atoms with E-state index in [1.807, 2.05) is 30.3 Å². The van der Waals surface area contributed by atoms with Crippen molar-refractivity contribution in [1.82, 2.24) is 9.97 Å². The first kappa shape index (κ1) is 21.0. The van der Waals surface area contributed by atoms with E-state index in [-0.39, 0.29) is 17.2 Å². The summed E-state index contributed by atoms with van der Waals surface area (Å²) in [7, 11) is 1.52. The van der Waals surface area contributed by atoms with Gasteiger partial charge >= 0.3 is 0 Å². The van der Waals surface area contributed by atoms with Crippen molar-refractivity contribution in [2.45, 2.75) is 18.5 Å². The summed E-state index contributed by atoms with van der Waals surface area (Å²) >= 11 is 7.13. The molecule has 8 heteroatoms. The van der Waals surface area contributed by atoms with Crippen molar-refractivity contribution < 1.29 is 9.53 Å². The van der Waals surface area contributed by atoms with Gasteiger partial charge in [-0.25, -0.2) is 4.98 Å². The number of thioether (sulfide) groups is 1. The highest BCUT2D eigenvalue weighted by atomic mass is 35.5. The molecular weight excluding hydrogens is 410 g/mol. The van der Waals surface area contributed by atoms with Crippen molar-refractivity contribution in [2.24, 2.45) is 0 Å². The number of halogens is 1. The Labute approximate surface area is 177 Å². The number of nitrogens with zero attached hydrogens (tertiary/aromatic N) is 1. The van der Waals surface area contributed by atoms with Crippen molar-refractivity contribution >= 4 is 35.0 Å². The fourth-order valence-electron chi connectivity index (χ4n) is 2.76. The Morgan fingerprint density at radius 2 is 2.00 bits per heavy atom. The Morgan fingerprint density at radius 1 is 1.24 bits per heavy atom. The smallest absolute Gasteiger partial charge is 0.255 e. The van der Waals surface area contributed by atoms with E-state index >= 15 is 0 Å². The number of aromatic nitrogens is 2. The number of hydrogen-bond acceptors (Lipinski definition) is 5.